The quantitative estimate of drug-likeness (QED) is 0.914. The lowest BCUT2D eigenvalue weighted by Gasteiger charge is -2.14. The third kappa shape index (κ3) is 3.24. The predicted octanol–water partition coefficient (Wildman–Crippen LogP) is 3.09. The fourth-order valence-electron chi connectivity index (χ4n) is 1.72. The fraction of sp³-hybridized carbons (Fsp3) is 0.200. The zero-order valence-electron chi connectivity index (χ0n) is 10.8. The normalized spacial score (nSPS) is 12.0. The molecule has 0 saturated carbocycles. The van der Waals surface area contributed by atoms with Crippen molar-refractivity contribution in [3.05, 3.63) is 59.7 Å². The standard InChI is InChI=1S/C15H14F2O3/c1-19-14-4-2-3-5-15(14)20-9-13(18)10-6-7-11(16)12(17)8-10/h2-8,13,18H,9H2,1H3. The average molecular weight is 280 g/mol. The monoisotopic (exact) mass is 280 g/mol. The van der Waals surface area contributed by atoms with Gasteiger partial charge in [0, 0.05) is 0 Å². The molecule has 0 amide bonds. The van der Waals surface area contributed by atoms with Crippen LogP contribution in [0.2, 0.25) is 0 Å². The molecule has 3 nitrogen and oxygen atoms in total. The number of para-hydroxylation sites is 2. The maximum Gasteiger partial charge on any atom is 0.161 e. The Labute approximate surface area is 115 Å². The van der Waals surface area contributed by atoms with E-state index in [2.05, 4.69) is 0 Å². The Bertz CT molecular complexity index is 587. The van der Waals surface area contributed by atoms with Gasteiger partial charge in [0.05, 0.1) is 7.11 Å². The van der Waals surface area contributed by atoms with E-state index in [-0.39, 0.29) is 12.2 Å². The van der Waals surface area contributed by atoms with E-state index in [9.17, 15) is 13.9 Å². The van der Waals surface area contributed by atoms with Gasteiger partial charge in [0.25, 0.3) is 0 Å². The summed E-state index contributed by atoms with van der Waals surface area (Å²) in [6.07, 6.45) is -1.06. The molecule has 2 rings (SSSR count). The van der Waals surface area contributed by atoms with Gasteiger partial charge in [-0.15, -0.1) is 0 Å². The molecule has 1 unspecified atom stereocenters. The molecule has 0 radical (unpaired) electrons. The summed E-state index contributed by atoms with van der Waals surface area (Å²) in [5.41, 5.74) is 0.249. The van der Waals surface area contributed by atoms with E-state index in [0.29, 0.717) is 11.5 Å². The maximum atomic E-state index is 13.1. The van der Waals surface area contributed by atoms with Crippen LogP contribution >= 0.6 is 0 Å². The largest absolute Gasteiger partial charge is 0.493 e. The number of halogens is 2. The number of benzene rings is 2. The summed E-state index contributed by atoms with van der Waals surface area (Å²) in [5, 5.41) is 9.91. The number of hydrogen-bond acceptors (Lipinski definition) is 3. The smallest absolute Gasteiger partial charge is 0.161 e. The molecule has 0 aliphatic heterocycles. The Morgan fingerprint density at radius 2 is 1.75 bits per heavy atom. The molecule has 0 spiro atoms. The van der Waals surface area contributed by atoms with Gasteiger partial charge in [-0.3, -0.25) is 0 Å². The van der Waals surface area contributed by atoms with E-state index in [1.54, 1.807) is 24.3 Å². The number of ether oxygens (including phenoxy) is 2. The van der Waals surface area contributed by atoms with Gasteiger partial charge in [0.15, 0.2) is 23.1 Å². The van der Waals surface area contributed by atoms with Gasteiger partial charge in [-0.25, -0.2) is 8.78 Å². The van der Waals surface area contributed by atoms with Gasteiger partial charge in [-0.1, -0.05) is 18.2 Å². The van der Waals surface area contributed by atoms with E-state index in [0.717, 1.165) is 12.1 Å². The summed E-state index contributed by atoms with van der Waals surface area (Å²) in [4.78, 5) is 0. The van der Waals surface area contributed by atoms with E-state index < -0.39 is 17.7 Å². The van der Waals surface area contributed by atoms with Gasteiger partial charge >= 0.3 is 0 Å². The summed E-state index contributed by atoms with van der Waals surface area (Å²) in [6, 6.07) is 10.2. The van der Waals surface area contributed by atoms with Crippen LogP contribution in [0, 0.1) is 11.6 Å². The lowest BCUT2D eigenvalue weighted by molar-refractivity contribution is 0.106. The molecule has 1 N–H and O–H groups in total. The molecular formula is C15H14F2O3. The van der Waals surface area contributed by atoms with Gasteiger partial charge in [-0.05, 0) is 29.8 Å². The highest BCUT2D eigenvalue weighted by Crippen LogP contribution is 2.27. The minimum atomic E-state index is -1.06. The molecule has 0 heterocycles. The molecule has 0 bridgehead atoms. The Kier molecular flexibility index (Phi) is 4.53. The van der Waals surface area contributed by atoms with Crippen molar-refractivity contribution in [2.75, 3.05) is 13.7 Å². The third-order valence-corrected chi connectivity index (χ3v) is 2.79. The summed E-state index contributed by atoms with van der Waals surface area (Å²) >= 11 is 0. The SMILES string of the molecule is COc1ccccc1OCC(O)c1ccc(F)c(F)c1. The summed E-state index contributed by atoms with van der Waals surface area (Å²) in [6.45, 7) is -0.0918. The molecule has 0 aliphatic rings. The van der Waals surface area contributed by atoms with Crippen LogP contribution in [0.3, 0.4) is 0 Å². The molecular weight excluding hydrogens is 266 g/mol. The molecule has 2 aromatic carbocycles. The molecule has 5 heteroatoms. The van der Waals surface area contributed by atoms with Gasteiger partial charge in [0.1, 0.15) is 12.7 Å². The van der Waals surface area contributed by atoms with Crippen LogP contribution in [-0.4, -0.2) is 18.8 Å². The van der Waals surface area contributed by atoms with Gasteiger partial charge in [-0.2, -0.15) is 0 Å². The molecule has 2 aromatic rings. The molecule has 1 atom stereocenters. The Morgan fingerprint density at radius 3 is 2.40 bits per heavy atom. The van der Waals surface area contributed by atoms with Crippen LogP contribution in [0.25, 0.3) is 0 Å². The van der Waals surface area contributed by atoms with Crippen LogP contribution in [0.5, 0.6) is 11.5 Å². The second-order valence-corrected chi connectivity index (χ2v) is 4.15. The number of hydrogen-bond donors (Lipinski definition) is 1. The van der Waals surface area contributed by atoms with Crippen molar-refractivity contribution in [2.24, 2.45) is 0 Å². The maximum absolute atomic E-state index is 13.1. The van der Waals surface area contributed by atoms with Crippen molar-refractivity contribution in [1.82, 2.24) is 0 Å². The van der Waals surface area contributed by atoms with E-state index in [1.165, 1.54) is 13.2 Å². The van der Waals surface area contributed by atoms with Gasteiger partial charge < -0.3 is 14.6 Å². The minimum absolute atomic E-state index is 0.0918. The predicted molar refractivity (Wildman–Crippen MR) is 69.8 cm³/mol. The lowest BCUT2D eigenvalue weighted by atomic mass is 10.1. The lowest BCUT2D eigenvalue weighted by Crippen LogP contribution is -2.10. The highest BCUT2D eigenvalue weighted by Gasteiger charge is 2.13. The van der Waals surface area contributed by atoms with Crippen LogP contribution in [0.4, 0.5) is 8.78 Å². The van der Waals surface area contributed by atoms with Gasteiger partial charge in [0.2, 0.25) is 0 Å². The Hall–Kier alpha value is -2.14. The number of aliphatic hydroxyl groups is 1. The molecule has 0 aliphatic carbocycles. The topological polar surface area (TPSA) is 38.7 Å². The van der Waals surface area contributed by atoms with Crippen molar-refractivity contribution in [3.63, 3.8) is 0 Å². The first-order valence-electron chi connectivity index (χ1n) is 6.00. The fourth-order valence-corrected chi connectivity index (χ4v) is 1.72. The summed E-state index contributed by atoms with van der Waals surface area (Å²) in [5.74, 6) is -0.952. The van der Waals surface area contributed by atoms with Crippen LogP contribution in [0.15, 0.2) is 42.5 Å². The first kappa shape index (κ1) is 14.3. The van der Waals surface area contributed by atoms with Crippen molar-refractivity contribution in [3.8, 4) is 11.5 Å². The van der Waals surface area contributed by atoms with Crippen LogP contribution in [0.1, 0.15) is 11.7 Å². The van der Waals surface area contributed by atoms with Crippen LogP contribution < -0.4 is 9.47 Å². The first-order chi connectivity index (χ1) is 9.61. The third-order valence-electron chi connectivity index (χ3n) is 2.79. The first-order valence-corrected chi connectivity index (χ1v) is 6.00. The second kappa shape index (κ2) is 6.34. The highest BCUT2D eigenvalue weighted by molar-refractivity contribution is 5.39. The summed E-state index contributed by atoms with van der Waals surface area (Å²) in [7, 11) is 1.51. The van der Waals surface area contributed by atoms with E-state index >= 15 is 0 Å². The van der Waals surface area contributed by atoms with E-state index in [4.69, 9.17) is 9.47 Å². The molecule has 0 fully saturated rings. The number of aliphatic hydroxyl groups excluding tert-OH is 1. The molecule has 0 saturated heterocycles. The Morgan fingerprint density at radius 1 is 1.05 bits per heavy atom. The second-order valence-electron chi connectivity index (χ2n) is 4.15. The number of methoxy groups -OCH3 is 1. The molecule has 0 aromatic heterocycles. The molecule has 20 heavy (non-hydrogen) atoms. The van der Waals surface area contributed by atoms with E-state index in [1.807, 2.05) is 0 Å². The Balaban J connectivity index is 2.04. The number of rotatable bonds is 5. The molecule has 106 valence electrons. The highest BCUT2D eigenvalue weighted by atomic mass is 19.2. The van der Waals surface area contributed by atoms with Crippen molar-refractivity contribution < 1.29 is 23.4 Å². The van der Waals surface area contributed by atoms with Crippen LogP contribution in [-0.2, 0) is 0 Å². The zero-order valence-corrected chi connectivity index (χ0v) is 10.8. The zero-order chi connectivity index (χ0) is 14.5. The minimum Gasteiger partial charge on any atom is -0.493 e. The average Bonchev–Trinajstić information content (AvgIpc) is 2.47. The van der Waals surface area contributed by atoms with Crippen molar-refractivity contribution >= 4 is 0 Å². The van der Waals surface area contributed by atoms with Crippen molar-refractivity contribution in [2.45, 2.75) is 6.10 Å². The van der Waals surface area contributed by atoms with Crippen molar-refractivity contribution in [1.29, 1.82) is 0 Å². The summed E-state index contributed by atoms with van der Waals surface area (Å²) < 4.78 is 36.4.